The smallest absolute Gasteiger partial charge is 0.0911 e. The molecule has 0 bridgehead atoms. The Balaban J connectivity index is 1.93. The van der Waals surface area contributed by atoms with Gasteiger partial charge in [0.2, 0.25) is 0 Å². The van der Waals surface area contributed by atoms with Crippen molar-refractivity contribution in [3.63, 3.8) is 0 Å². The van der Waals surface area contributed by atoms with E-state index in [9.17, 15) is 0 Å². The van der Waals surface area contributed by atoms with Gasteiger partial charge in [-0.05, 0) is 43.7 Å². The van der Waals surface area contributed by atoms with Crippen LogP contribution in [-0.2, 0) is 0 Å². The van der Waals surface area contributed by atoms with Crippen molar-refractivity contribution in [3.05, 3.63) is 22.4 Å². The molecule has 1 aromatic rings. The van der Waals surface area contributed by atoms with Crippen LogP contribution in [0.25, 0.3) is 0 Å². The van der Waals surface area contributed by atoms with E-state index < -0.39 is 0 Å². The molecule has 1 unspecified atom stereocenters. The van der Waals surface area contributed by atoms with Crippen LogP contribution in [-0.4, -0.2) is 24.3 Å². The Morgan fingerprint density at radius 3 is 2.82 bits per heavy atom. The quantitative estimate of drug-likeness (QED) is 0.603. The van der Waals surface area contributed by atoms with Crippen molar-refractivity contribution in [1.29, 1.82) is 5.41 Å². The van der Waals surface area contributed by atoms with Crippen LogP contribution >= 0.6 is 11.3 Å². The monoisotopic (exact) mass is 251 g/mol. The minimum absolute atomic E-state index is 0.298. The third-order valence-corrected chi connectivity index (χ3v) is 4.77. The third kappa shape index (κ3) is 3.07. The van der Waals surface area contributed by atoms with Crippen LogP contribution in [0.2, 0.25) is 0 Å². The van der Waals surface area contributed by atoms with E-state index in [0.29, 0.717) is 17.3 Å². The molecule has 0 spiro atoms. The number of nitrogens with zero attached hydrogens (tertiary/aromatic N) is 1. The van der Waals surface area contributed by atoms with E-state index >= 15 is 0 Å². The zero-order valence-electron chi connectivity index (χ0n) is 10.6. The second kappa shape index (κ2) is 4.78. The molecule has 94 valence electrons. The first-order chi connectivity index (χ1) is 8.02. The molecule has 0 saturated heterocycles. The Labute approximate surface area is 107 Å². The van der Waals surface area contributed by atoms with Crippen LogP contribution in [0, 0.1) is 10.8 Å². The predicted molar refractivity (Wildman–Crippen MR) is 73.6 cm³/mol. The van der Waals surface area contributed by atoms with E-state index in [4.69, 9.17) is 11.1 Å². The molecule has 3 nitrogen and oxygen atoms in total. The number of hydrogen-bond acceptors (Lipinski definition) is 3. The number of nitrogens with two attached hydrogens (primary N) is 1. The maximum Gasteiger partial charge on any atom is 0.0911 e. The first kappa shape index (κ1) is 12.6. The van der Waals surface area contributed by atoms with Crippen LogP contribution in [0.5, 0.6) is 0 Å². The van der Waals surface area contributed by atoms with Crippen LogP contribution in [0.3, 0.4) is 0 Å². The van der Waals surface area contributed by atoms with Gasteiger partial charge in [-0.1, -0.05) is 6.07 Å². The summed E-state index contributed by atoms with van der Waals surface area (Å²) in [5.41, 5.74) is 5.83. The van der Waals surface area contributed by atoms with Crippen molar-refractivity contribution >= 4 is 17.2 Å². The highest BCUT2D eigenvalue weighted by molar-refractivity contribution is 7.10. The summed E-state index contributed by atoms with van der Waals surface area (Å²) in [5.74, 6) is 0.333. The lowest BCUT2D eigenvalue weighted by Crippen LogP contribution is -2.31. The Kier molecular flexibility index (Phi) is 3.54. The summed E-state index contributed by atoms with van der Waals surface area (Å²) < 4.78 is 0. The highest BCUT2D eigenvalue weighted by Crippen LogP contribution is 2.49. The van der Waals surface area contributed by atoms with Gasteiger partial charge in [-0.25, -0.2) is 0 Å². The lowest BCUT2D eigenvalue weighted by atomic mass is 10.0. The van der Waals surface area contributed by atoms with E-state index in [2.05, 4.69) is 36.4 Å². The first-order valence-electron chi connectivity index (χ1n) is 6.09. The normalized spacial score (nSPS) is 19.2. The van der Waals surface area contributed by atoms with Gasteiger partial charge in [0.05, 0.1) is 5.84 Å². The van der Waals surface area contributed by atoms with Crippen molar-refractivity contribution in [1.82, 2.24) is 4.90 Å². The lowest BCUT2D eigenvalue weighted by Gasteiger charge is -2.28. The molecule has 3 N–H and O–H groups in total. The lowest BCUT2D eigenvalue weighted by molar-refractivity contribution is 0.214. The summed E-state index contributed by atoms with van der Waals surface area (Å²) in [5, 5.41) is 9.57. The van der Waals surface area contributed by atoms with E-state index in [-0.39, 0.29) is 0 Å². The molecule has 1 aliphatic rings. The second-order valence-corrected chi connectivity index (χ2v) is 6.29. The Morgan fingerprint density at radius 1 is 1.65 bits per heavy atom. The minimum Gasteiger partial charge on any atom is -0.388 e. The average Bonchev–Trinajstić information content (AvgIpc) is 2.82. The molecule has 1 fully saturated rings. The molecule has 1 aliphatic carbocycles. The Morgan fingerprint density at radius 2 is 2.35 bits per heavy atom. The maximum absolute atomic E-state index is 7.44. The van der Waals surface area contributed by atoms with Crippen molar-refractivity contribution in [2.24, 2.45) is 11.1 Å². The molecule has 17 heavy (non-hydrogen) atoms. The van der Waals surface area contributed by atoms with E-state index in [1.807, 2.05) is 11.3 Å². The Hall–Kier alpha value is -0.870. The summed E-state index contributed by atoms with van der Waals surface area (Å²) in [6.07, 6.45) is 3.19. The molecule has 0 aromatic carbocycles. The molecule has 1 aromatic heterocycles. The van der Waals surface area contributed by atoms with Crippen LogP contribution in [0.4, 0.5) is 0 Å². The predicted octanol–water partition coefficient (Wildman–Crippen LogP) is 2.85. The first-order valence-corrected chi connectivity index (χ1v) is 6.97. The van der Waals surface area contributed by atoms with Crippen LogP contribution in [0.15, 0.2) is 17.5 Å². The van der Waals surface area contributed by atoms with Gasteiger partial charge >= 0.3 is 0 Å². The number of hydrogen-bond donors (Lipinski definition) is 2. The summed E-state index contributed by atoms with van der Waals surface area (Å²) in [7, 11) is 2.17. The number of nitrogens with one attached hydrogen (secondary N) is 1. The summed E-state index contributed by atoms with van der Waals surface area (Å²) in [4.78, 5) is 3.80. The summed E-state index contributed by atoms with van der Waals surface area (Å²) >= 11 is 1.81. The summed E-state index contributed by atoms with van der Waals surface area (Å²) in [6.45, 7) is 3.29. The average molecular weight is 251 g/mol. The van der Waals surface area contributed by atoms with Crippen LogP contribution in [0.1, 0.15) is 37.1 Å². The topological polar surface area (TPSA) is 53.1 Å². The fraction of sp³-hybridized carbons (Fsp3) is 0.615. The zero-order chi connectivity index (χ0) is 12.5. The standard InChI is InChI=1S/C13H21N3S/c1-10(11-4-3-7-17-11)16(2)9-13(5-6-13)8-12(14)15/h3-4,7,10H,5-6,8-9H2,1-2H3,(H3,14,15). The molecule has 1 saturated carbocycles. The van der Waals surface area contributed by atoms with Crippen molar-refractivity contribution in [2.75, 3.05) is 13.6 Å². The summed E-state index contributed by atoms with van der Waals surface area (Å²) in [6, 6.07) is 4.75. The van der Waals surface area contributed by atoms with E-state index in [1.54, 1.807) is 0 Å². The van der Waals surface area contributed by atoms with Gasteiger partial charge in [0.25, 0.3) is 0 Å². The van der Waals surface area contributed by atoms with Gasteiger partial charge in [0.1, 0.15) is 0 Å². The number of amidine groups is 1. The highest BCUT2D eigenvalue weighted by Gasteiger charge is 2.44. The zero-order valence-corrected chi connectivity index (χ0v) is 11.4. The molecular formula is C13H21N3S. The van der Waals surface area contributed by atoms with Gasteiger partial charge in [0.15, 0.2) is 0 Å². The van der Waals surface area contributed by atoms with Crippen molar-refractivity contribution < 1.29 is 0 Å². The van der Waals surface area contributed by atoms with Crippen LogP contribution < -0.4 is 5.73 Å². The largest absolute Gasteiger partial charge is 0.388 e. The Bertz CT molecular complexity index is 381. The molecule has 0 amide bonds. The van der Waals surface area contributed by atoms with Crippen molar-refractivity contribution in [2.45, 2.75) is 32.2 Å². The molecule has 4 heteroatoms. The molecule has 1 atom stereocenters. The molecular weight excluding hydrogens is 230 g/mol. The van der Waals surface area contributed by atoms with Gasteiger partial charge in [-0.2, -0.15) is 0 Å². The molecule has 0 radical (unpaired) electrons. The van der Waals surface area contributed by atoms with Gasteiger partial charge in [-0.3, -0.25) is 10.3 Å². The van der Waals surface area contributed by atoms with E-state index in [0.717, 1.165) is 13.0 Å². The van der Waals surface area contributed by atoms with E-state index in [1.165, 1.54) is 17.7 Å². The second-order valence-electron chi connectivity index (χ2n) is 5.31. The maximum atomic E-state index is 7.44. The fourth-order valence-electron chi connectivity index (χ4n) is 2.38. The SMILES string of the molecule is CC(c1cccs1)N(C)CC1(CC(=N)N)CC1. The third-order valence-electron chi connectivity index (χ3n) is 3.72. The molecule has 2 rings (SSSR count). The fourth-order valence-corrected chi connectivity index (χ4v) is 3.23. The molecule has 0 aliphatic heterocycles. The van der Waals surface area contributed by atoms with Gasteiger partial charge < -0.3 is 5.73 Å². The number of rotatable bonds is 6. The van der Waals surface area contributed by atoms with Gasteiger partial charge in [0, 0.05) is 23.9 Å². The highest BCUT2D eigenvalue weighted by atomic mass is 32.1. The minimum atomic E-state index is 0.298. The van der Waals surface area contributed by atoms with Crippen molar-refractivity contribution in [3.8, 4) is 0 Å². The molecule has 1 heterocycles. The number of thiophene rings is 1. The van der Waals surface area contributed by atoms with Gasteiger partial charge in [-0.15, -0.1) is 11.3 Å².